The number of amides is 1. The zero-order valence-electron chi connectivity index (χ0n) is 13.6. The first kappa shape index (κ1) is 17.5. The Bertz CT molecular complexity index is 985. The second-order valence-electron chi connectivity index (χ2n) is 5.30. The molecule has 0 bridgehead atoms. The number of carbonyl (C=O) groups excluding carboxylic acids is 1. The molecule has 0 aliphatic rings. The molecule has 1 heterocycles. The lowest BCUT2D eigenvalue weighted by molar-refractivity contribution is -0.116. The smallest absolute Gasteiger partial charge is 0.262 e. The summed E-state index contributed by atoms with van der Waals surface area (Å²) in [6.45, 7) is 0. The van der Waals surface area contributed by atoms with Crippen molar-refractivity contribution in [2.45, 2.75) is 0 Å². The van der Waals surface area contributed by atoms with Gasteiger partial charge in [0.1, 0.15) is 5.82 Å². The number of hydrogen-bond donors (Lipinski definition) is 3. The van der Waals surface area contributed by atoms with Gasteiger partial charge in [-0.3, -0.25) is 20.6 Å². The van der Waals surface area contributed by atoms with Crippen molar-refractivity contribution in [2.75, 3.05) is 5.32 Å². The molecule has 0 fully saturated rings. The first-order valence-corrected chi connectivity index (χ1v) is 8.17. The lowest BCUT2D eigenvalue weighted by atomic mass is 10.1. The number of pyridine rings is 1. The van der Waals surface area contributed by atoms with Crippen molar-refractivity contribution in [3.63, 3.8) is 0 Å². The number of aromatic nitrogens is 1. The van der Waals surface area contributed by atoms with Crippen LogP contribution in [0, 0.1) is 5.82 Å². The Hall–Kier alpha value is -3.32. The number of halogens is 1. The van der Waals surface area contributed by atoms with Crippen molar-refractivity contribution >= 4 is 45.9 Å². The molecule has 0 radical (unpaired) electrons. The summed E-state index contributed by atoms with van der Waals surface area (Å²) in [5.41, 5.74) is 6.79. The number of nitrogens with one attached hydrogen (secondary N) is 3. The van der Waals surface area contributed by atoms with Crippen LogP contribution in [0.4, 0.5) is 10.1 Å². The van der Waals surface area contributed by atoms with Gasteiger partial charge in [-0.2, -0.15) is 0 Å². The standard InChI is InChI=1S/C19H15FN4OS/c20-15-8-1-2-9-16(15)22-19(26)24-23-17(25)11-10-14-6-3-5-13-7-4-12-21-18(13)14/h1-12H,(H,23,25)(H2,22,24,26)/b11-10+. The van der Waals surface area contributed by atoms with Crippen LogP contribution in [0.5, 0.6) is 0 Å². The largest absolute Gasteiger partial charge is 0.329 e. The van der Waals surface area contributed by atoms with Crippen LogP contribution in [0.25, 0.3) is 17.0 Å². The zero-order chi connectivity index (χ0) is 18.4. The van der Waals surface area contributed by atoms with E-state index in [4.69, 9.17) is 12.2 Å². The summed E-state index contributed by atoms with van der Waals surface area (Å²) in [5.74, 6) is -0.845. The second-order valence-corrected chi connectivity index (χ2v) is 5.71. The maximum absolute atomic E-state index is 13.5. The van der Waals surface area contributed by atoms with Gasteiger partial charge >= 0.3 is 0 Å². The van der Waals surface area contributed by atoms with Crippen LogP contribution in [0.3, 0.4) is 0 Å². The van der Waals surface area contributed by atoms with Gasteiger partial charge in [0.05, 0.1) is 11.2 Å². The summed E-state index contributed by atoms with van der Waals surface area (Å²) >= 11 is 5.02. The summed E-state index contributed by atoms with van der Waals surface area (Å²) in [7, 11) is 0. The predicted molar refractivity (Wildman–Crippen MR) is 105 cm³/mol. The number of nitrogens with zero attached hydrogens (tertiary/aromatic N) is 1. The number of para-hydroxylation sites is 2. The van der Waals surface area contributed by atoms with Gasteiger partial charge in [-0.15, -0.1) is 0 Å². The third kappa shape index (κ3) is 4.40. The van der Waals surface area contributed by atoms with Crippen molar-refractivity contribution in [1.29, 1.82) is 0 Å². The Morgan fingerprint density at radius 1 is 1.04 bits per heavy atom. The summed E-state index contributed by atoms with van der Waals surface area (Å²) in [5, 5.41) is 3.72. The van der Waals surface area contributed by atoms with Crippen LogP contribution in [0.15, 0.2) is 66.9 Å². The highest BCUT2D eigenvalue weighted by molar-refractivity contribution is 7.80. The van der Waals surface area contributed by atoms with Crippen molar-refractivity contribution in [2.24, 2.45) is 0 Å². The van der Waals surface area contributed by atoms with E-state index < -0.39 is 11.7 Å². The molecular weight excluding hydrogens is 351 g/mol. The van der Waals surface area contributed by atoms with Crippen molar-refractivity contribution < 1.29 is 9.18 Å². The van der Waals surface area contributed by atoms with Gasteiger partial charge < -0.3 is 5.32 Å². The molecule has 0 atom stereocenters. The molecule has 1 aromatic heterocycles. The minimum Gasteiger partial charge on any atom is -0.329 e. The third-order valence-corrected chi connectivity index (χ3v) is 3.70. The molecule has 0 aliphatic heterocycles. The third-order valence-electron chi connectivity index (χ3n) is 3.50. The number of rotatable bonds is 3. The molecule has 2 aromatic carbocycles. The predicted octanol–water partition coefficient (Wildman–Crippen LogP) is 3.40. The number of benzene rings is 2. The van der Waals surface area contributed by atoms with E-state index in [1.165, 1.54) is 12.1 Å². The van der Waals surface area contributed by atoms with Crippen molar-refractivity contribution in [1.82, 2.24) is 15.8 Å². The Kier molecular flexibility index (Phi) is 5.50. The molecule has 1 amide bonds. The molecule has 0 saturated heterocycles. The van der Waals surface area contributed by atoms with Crippen LogP contribution in [0.1, 0.15) is 5.56 Å². The summed E-state index contributed by atoms with van der Waals surface area (Å²) in [6.07, 6.45) is 4.73. The van der Waals surface area contributed by atoms with E-state index >= 15 is 0 Å². The number of carbonyl (C=O) groups is 1. The molecule has 26 heavy (non-hydrogen) atoms. The average molecular weight is 366 g/mol. The maximum atomic E-state index is 13.5. The van der Waals surface area contributed by atoms with Gasteiger partial charge in [0.2, 0.25) is 0 Å². The summed E-state index contributed by atoms with van der Waals surface area (Å²) < 4.78 is 13.5. The van der Waals surface area contributed by atoms with E-state index in [1.807, 2.05) is 30.3 Å². The van der Waals surface area contributed by atoms with Crippen LogP contribution in [-0.4, -0.2) is 16.0 Å². The minimum atomic E-state index is -0.439. The Labute approximate surface area is 154 Å². The molecule has 3 rings (SSSR count). The number of fused-ring (bicyclic) bond motifs is 1. The van der Waals surface area contributed by atoms with E-state index in [1.54, 1.807) is 30.5 Å². The fourth-order valence-corrected chi connectivity index (χ4v) is 2.46. The molecule has 0 aliphatic carbocycles. The fourth-order valence-electron chi connectivity index (χ4n) is 2.30. The number of anilines is 1. The molecule has 5 nitrogen and oxygen atoms in total. The SMILES string of the molecule is O=C(/C=C/c1cccc2cccnc12)NNC(=S)Nc1ccccc1F. The molecular formula is C19H15FN4OS. The van der Waals surface area contributed by atoms with Gasteiger partial charge in [0.25, 0.3) is 5.91 Å². The average Bonchev–Trinajstić information content (AvgIpc) is 2.66. The summed E-state index contributed by atoms with van der Waals surface area (Å²) in [6, 6.07) is 15.6. The zero-order valence-corrected chi connectivity index (χ0v) is 14.4. The van der Waals surface area contributed by atoms with Crippen LogP contribution in [-0.2, 0) is 4.79 Å². The van der Waals surface area contributed by atoms with Crippen LogP contribution < -0.4 is 16.2 Å². The first-order chi connectivity index (χ1) is 12.6. The monoisotopic (exact) mass is 366 g/mol. The summed E-state index contributed by atoms with van der Waals surface area (Å²) in [4.78, 5) is 16.3. The van der Waals surface area contributed by atoms with Crippen LogP contribution >= 0.6 is 12.2 Å². The van der Waals surface area contributed by atoms with E-state index in [2.05, 4.69) is 21.2 Å². The second kappa shape index (κ2) is 8.17. The Balaban J connectivity index is 1.58. The van der Waals surface area contributed by atoms with E-state index in [0.29, 0.717) is 0 Å². The van der Waals surface area contributed by atoms with Gasteiger partial charge in [0, 0.05) is 23.2 Å². The Morgan fingerprint density at radius 2 is 1.85 bits per heavy atom. The quantitative estimate of drug-likeness (QED) is 0.377. The van der Waals surface area contributed by atoms with Crippen LogP contribution in [0.2, 0.25) is 0 Å². The molecule has 130 valence electrons. The van der Waals surface area contributed by atoms with E-state index in [9.17, 15) is 9.18 Å². The highest BCUT2D eigenvalue weighted by Crippen LogP contribution is 2.17. The van der Waals surface area contributed by atoms with Crippen molar-refractivity contribution in [3.05, 3.63) is 78.3 Å². The topological polar surface area (TPSA) is 66.0 Å². The fraction of sp³-hybridized carbons (Fsp3) is 0. The van der Waals surface area contributed by atoms with Gasteiger partial charge in [-0.05, 0) is 36.5 Å². The lowest BCUT2D eigenvalue weighted by Crippen LogP contribution is -2.43. The molecule has 7 heteroatoms. The highest BCUT2D eigenvalue weighted by atomic mass is 32.1. The number of hydrazine groups is 1. The lowest BCUT2D eigenvalue weighted by Gasteiger charge is -2.10. The number of hydrogen-bond acceptors (Lipinski definition) is 3. The molecule has 3 aromatic rings. The maximum Gasteiger partial charge on any atom is 0.262 e. The van der Waals surface area contributed by atoms with E-state index in [0.717, 1.165) is 16.5 Å². The first-order valence-electron chi connectivity index (χ1n) is 7.77. The normalized spacial score (nSPS) is 10.7. The van der Waals surface area contributed by atoms with E-state index in [-0.39, 0.29) is 10.8 Å². The molecule has 0 unspecified atom stereocenters. The molecule has 3 N–H and O–H groups in total. The highest BCUT2D eigenvalue weighted by Gasteiger charge is 2.04. The van der Waals surface area contributed by atoms with Gasteiger partial charge in [0.15, 0.2) is 5.11 Å². The van der Waals surface area contributed by atoms with Gasteiger partial charge in [-0.1, -0.05) is 36.4 Å². The number of thiocarbonyl (C=S) groups is 1. The van der Waals surface area contributed by atoms with Gasteiger partial charge in [-0.25, -0.2) is 4.39 Å². The molecule has 0 saturated carbocycles. The Morgan fingerprint density at radius 3 is 2.69 bits per heavy atom. The minimum absolute atomic E-state index is 0.0728. The van der Waals surface area contributed by atoms with Crippen molar-refractivity contribution in [3.8, 4) is 0 Å². The molecule has 0 spiro atoms.